The van der Waals surface area contributed by atoms with E-state index in [0.29, 0.717) is 0 Å². The van der Waals surface area contributed by atoms with Crippen LogP contribution in [0.15, 0.2) is 29.2 Å². The Bertz CT molecular complexity index is 624. The smallest absolute Gasteiger partial charge is 0.329 e. The van der Waals surface area contributed by atoms with Crippen molar-refractivity contribution in [3.8, 4) is 0 Å². The Labute approximate surface area is 115 Å². The molecular formula is C12H14FNO5S. The van der Waals surface area contributed by atoms with Gasteiger partial charge in [0.05, 0.1) is 10.5 Å². The van der Waals surface area contributed by atoms with Crippen LogP contribution in [0.5, 0.6) is 0 Å². The van der Waals surface area contributed by atoms with Crippen molar-refractivity contribution in [2.75, 3.05) is 19.7 Å². The van der Waals surface area contributed by atoms with E-state index in [2.05, 4.69) is 0 Å². The quantitative estimate of drug-likeness (QED) is 0.865. The van der Waals surface area contributed by atoms with Gasteiger partial charge in [0, 0.05) is 13.1 Å². The minimum Gasteiger partial charge on any atom is -0.480 e. The highest BCUT2D eigenvalue weighted by Gasteiger charge is 2.46. The van der Waals surface area contributed by atoms with Gasteiger partial charge in [0.25, 0.3) is 0 Å². The van der Waals surface area contributed by atoms with Crippen molar-refractivity contribution in [1.82, 2.24) is 4.31 Å². The van der Waals surface area contributed by atoms with Gasteiger partial charge in [-0.1, -0.05) is 6.07 Å². The van der Waals surface area contributed by atoms with Crippen LogP contribution >= 0.6 is 0 Å². The van der Waals surface area contributed by atoms with Crippen molar-refractivity contribution in [1.29, 1.82) is 0 Å². The average molecular weight is 303 g/mol. The molecule has 0 aliphatic carbocycles. The monoisotopic (exact) mass is 303 g/mol. The molecule has 1 saturated heterocycles. The lowest BCUT2D eigenvalue weighted by Crippen LogP contribution is -2.63. The summed E-state index contributed by atoms with van der Waals surface area (Å²) in [5, 5.41) is 8.53. The zero-order valence-corrected chi connectivity index (χ0v) is 11.6. The van der Waals surface area contributed by atoms with Gasteiger partial charge in [-0.05, 0) is 25.1 Å². The van der Waals surface area contributed by atoms with Gasteiger partial charge >= 0.3 is 5.97 Å². The number of carboxylic acid groups (broad SMARTS) is 1. The summed E-state index contributed by atoms with van der Waals surface area (Å²) in [6.07, 6.45) is 0. The van der Waals surface area contributed by atoms with Crippen LogP contribution in [0, 0.1) is 5.82 Å². The van der Waals surface area contributed by atoms with Crippen LogP contribution in [-0.4, -0.2) is 49.1 Å². The number of carbonyl (C=O) groups is 1. The molecule has 1 aromatic carbocycles. The molecule has 1 N–H and O–H groups in total. The maximum atomic E-state index is 13.1. The summed E-state index contributed by atoms with van der Waals surface area (Å²) in [6.45, 7) is 1.23. The molecule has 0 saturated carbocycles. The average Bonchev–Trinajstić information content (AvgIpc) is 2.33. The normalized spacial score (nSPS) is 18.5. The van der Waals surface area contributed by atoms with Gasteiger partial charge in [0.1, 0.15) is 12.4 Å². The number of rotatable bonds is 5. The number of hydrogen-bond donors (Lipinski definition) is 1. The lowest BCUT2D eigenvalue weighted by molar-refractivity contribution is -0.157. The zero-order valence-electron chi connectivity index (χ0n) is 10.7. The molecule has 0 bridgehead atoms. The summed E-state index contributed by atoms with van der Waals surface area (Å²) >= 11 is 0. The molecule has 6 nitrogen and oxygen atoms in total. The molecular weight excluding hydrogens is 289 g/mol. The van der Waals surface area contributed by atoms with Gasteiger partial charge in [-0.3, -0.25) is 0 Å². The van der Waals surface area contributed by atoms with E-state index >= 15 is 0 Å². The van der Waals surface area contributed by atoms with Crippen molar-refractivity contribution in [3.05, 3.63) is 30.1 Å². The number of halogens is 1. The summed E-state index contributed by atoms with van der Waals surface area (Å²) in [4.78, 5) is 10.3. The van der Waals surface area contributed by atoms with Gasteiger partial charge in [0.15, 0.2) is 0 Å². The van der Waals surface area contributed by atoms with Crippen molar-refractivity contribution < 1.29 is 27.4 Å². The molecule has 0 unspecified atom stereocenters. The molecule has 1 fully saturated rings. The molecule has 0 aromatic heterocycles. The highest BCUT2D eigenvalue weighted by molar-refractivity contribution is 7.89. The van der Waals surface area contributed by atoms with E-state index in [1.807, 2.05) is 0 Å². The third-order valence-electron chi connectivity index (χ3n) is 3.00. The Hall–Kier alpha value is -1.51. The lowest BCUT2D eigenvalue weighted by Gasteiger charge is -2.46. The van der Waals surface area contributed by atoms with Gasteiger partial charge in [0.2, 0.25) is 10.0 Å². The molecule has 1 aromatic rings. The maximum Gasteiger partial charge on any atom is 0.329 e. The Balaban J connectivity index is 2.06. The van der Waals surface area contributed by atoms with E-state index in [4.69, 9.17) is 9.84 Å². The van der Waals surface area contributed by atoms with Crippen LogP contribution in [0.1, 0.15) is 6.92 Å². The Morgan fingerprint density at radius 1 is 1.50 bits per heavy atom. The Morgan fingerprint density at radius 3 is 2.70 bits per heavy atom. The highest BCUT2D eigenvalue weighted by Crippen LogP contribution is 2.30. The summed E-state index contributed by atoms with van der Waals surface area (Å²) < 4.78 is 43.7. The van der Waals surface area contributed by atoms with Crippen molar-refractivity contribution in [3.63, 3.8) is 0 Å². The number of nitrogens with zero attached hydrogens (tertiary/aromatic N) is 1. The first-order valence-corrected chi connectivity index (χ1v) is 7.28. The number of aliphatic carboxylic acids is 1. The topological polar surface area (TPSA) is 83.9 Å². The molecule has 0 amide bonds. The minimum atomic E-state index is -3.77. The molecule has 0 atom stereocenters. The van der Waals surface area contributed by atoms with Gasteiger partial charge in [-0.25, -0.2) is 17.6 Å². The molecule has 0 radical (unpaired) electrons. The molecule has 1 aliphatic heterocycles. The van der Waals surface area contributed by atoms with Crippen molar-refractivity contribution in [2.24, 2.45) is 0 Å². The minimum absolute atomic E-state index is 0.0408. The largest absolute Gasteiger partial charge is 0.480 e. The van der Waals surface area contributed by atoms with E-state index in [-0.39, 0.29) is 18.0 Å². The SMILES string of the molecule is CC1(OCC(=O)O)CN(S(=O)(=O)c2cccc(F)c2)C1. The Morgan fingerprint density at radius 2 is 2.15 bits per heavy atom. The molecule has 110 valence electrons. The van der Waals surface area contributed by atoms with Crippen LogP contribution in [0.2, 0.25) is 0 Å². The molecule has 1 aliphatic rings. The third-order valence-corrected chi connectivity index (χ3v) is 4.79. The number of ether oxygens (including phenoxy) is 1. The Kier molecular flexibility index (Phi) is 3.81. The first kappa shape index (κ1) is 14.9. The standard InChI is InChI=1S/C12H14FNO5S/c1-12(19-6-11(15)16)7-14(8-12)20(17,18)10-4-2-3-9(13)5-10/h2-5H,6-8H2,1H3,(H,15,16). The van der Waals surface area contributed by atoms with Gasteiger partial charge in [-0.2, -0.15) is 4.31 Å². The summed E-state index contributed by atoms with van der Waals surface area (Å²) in [7, 11) is -3.77. The maximum absolute atomic E-state index is 13.1. The van der Waals surface area contributed by atoms with Crippen LogP contribution < -0.4 is 0 Å². The first-order valence-electron chi connectivity index (χ1n) is 5.84. The number of sulfonamides is 1. The molecule has 1 heterocycles. The van der Waals surface area contributed by atoms with Crippen LogP contribution in [0.25, 0.3) is 0 Å². The number of carboxylic acids is 1. The predicted octanol–water partition coefficient (Wildman–Crippen LogP) is 0.690. The summed E-state index contributed by atoms with van der Waals surface area (Å²) in [5.41, 5.74) is -0.821. The van der Waals surface area contributed by atoms with Crippen LogP contribution in [0.3, 0.4) is 0 Å². The fraction of sp³-hybridized carbons (Fsp3) is 0.417. The number of benzene rings is 1. The third kappa shape index (κ3) is 2.97. The van der Waals surface area contributed by atoms with Crippen molar-refractivity contribution in [2.45, 2.75) is 17.4 Å². The second kappa shape index (κ2) is 5.12. The van der Waals surface area contributed by atoms with E-state index in [0.717, 1.165) is 16.4 Å². The van der Waals surface area contributed by atoms with E-state index in [9.17, 15) is 17.6 Å². The second-order valence-corrected chi connectivity index (χ2v) is 6.80. The van der Waals surface area contributed by atoms with E-state index in [1.165, 1.54) is 12.1 Å². The molecule has 20 heavy (non-hydrogen) atoms. The fourth-order valence-electron chi connectivity index (χ4n) is 1.97. The van der Waals surface area contributed by atoms with E-state index < -0.39 is 34.0 Å². The molecule has 2 rings (SSSR count). The van der Waals surface area contributed by atoms with Crippen LogP contribution in [0.4, 0.5) is 4.39 Å². The molecule has 8 heteroatoms. The highest BCUT2D eigenvalue weighted by atomic mass is 32.2. The van der Waals surface area contributed by atoms with Crippen molar-refractivity contribution >= 4 is 16.0 Å². The zero-order chi connectivity index (χ0) is 15.0. The second-order valence-electron chi connectivity index (χ2n) is 4.86. The van der Waals surface area contributed by atoms with E-state index in [1.54, 1.807) is 6.92 Å². The lowest BCUT2D eigenvalue weighted by atomic mass is 10.0. The molecule has 0 spiro atoms. The van der Waals surface area contributed by atoms with Gasteiger partial charge in [-0.15, -0.1) is 0 Å². The fourth-order valence-corrected chi connectivity index (χ4v) is 3.67. The summed E-state index contributed by atoms with van der Waals surface area (Å²) in [6, 6.07) is 4.74. The summed E-state index contributed by atoms with van der Waals surface area (Å²) in [5.74, 6) is -1.74. The van der Waals surface area contributed by atoms with Gasteiger partial charge < -0.3 is 9.84 Å². The first-order chi connectivity index (χ1) is 9.23. The predicted molar refractivity (Wildman–Crippen MR) is 67.2 cm³/mol. The number of hydrogen-bond acceptors (Lipinski definition) is 4. The van der Waals surface area contributed by atoms with Crippen LogP contribution in [-0.2, 0) is 19.6 Å².